The van der Waals surface area contributed by atoms with Gasteiger partial charge in [0.2, 0.25) is 0 Å². The van der Waals surface area contributed by atoms with Crippen molar-refractivity contribution in [2.45, 2.75) is 12.3 Å². The van der Waals surface area contributed by atoms with Crippen molar-refractivity contribution in [2.24, 2.45) is 0 Å². The normalized spacial score (nSPS) is 15.5. The molecule has 4 aromatic rings. The van der Waals surface area contributed by atoms with Crippen LogP contribution in [0.15, 0.2) is 54.1 Å². The van der Waals surface area contributed by atoms with Crippen molar-refractivity contribution in [1.29, 1.82) is 0 Å². The first-order chi connectivity index (χ1) is 18.8. The number of anilines is 1. The maximum Gasteiger partial charge on any atom is 0.318 e. The molecule has 0 unspecified atom stereocenters. The lowest BCUT2D eigenvalue weighted by atomic mass is 10.0. The smallest absolute Gasteiger partial charge is 0.318 e. The Morgan fingerprint density at radius 3 is 2.74 bits per heavy atom. The molecule has 204 valence electrons. The highest BCUT2D eigenvalue weighted by atomic mass is 35.5. The van der Waals surface area contributed by atoms with Gasteiger partial charge in [0.05, 0.1) is 19.0 Å². The Hall–Kier alpha value is -3.08. The summed E-state index contributed by atoms with van der Waals surface area (Å²) in [5, 5.41) is 4.49. The zero-order valence-electron chi connectivity index (χ0n) is 21.5. The number of ether oxygens (including phenoxy) is 1. The van der Waals surface area contributed by atoms with Gasteiger partial charge in [0.25, 0.3) is 5.92 Å². The van der Waals surface area contributed by atoms with Gasteiger partial charge in [0.15, 0.2) is 5.82 Å². The molecule has 0 bridgehead atoms. The van der Waals surface area contributed by atoms with Crippen LogP contribution in [0.1, 0.15) is 6.42 Å². The van der Waals surface area contributed by atoms with E-state index in [4.69, 9.17) is 16.3 Å². The molecule has 0 amide bonds. The van der Waals surface area contributed by atoms with Gasteiger partial charge in [-0.15, -0.1) is 11.8 Å². The second-order valence-electron chi connectivity index (χ2n) is 9.37. The van der Waals surface area contributed by atoms with Crippen LogP contribution in [0, 0.1) is 5.82 Å². The van der Waals surface area contributed by atoms with Gasteiger partial charge in [-0.2, -0.15) is 9.97 Å². The summed E-state index contributed by atoms with van der Waals surface area (Å²) in [6, 6.07) is 11.1. The van der Waals surface area contributed by atoms with E-state index in [9.17, 15) is 8.78 Å². The van der Waals surface area contributed by atoms with Crippen LogP contribution in [0.25, 0.3) is 32.9 Å². The standard InChI is InChI=1S/C28H27ClF3N5OS/c1-36(13-15-39-14-5-11-37-12-10-28(31,32)17-37)26-20-16-33-24(23(30)25(20)34-27(35-26)38-2)19-8-3-6-18-7-4-9-21(29)22(18)19/h3-9,14,16H,10-13,15,17H2,1-2H3/b14-5+. The molecule has 6 nitrogen and oxygen atoms in total. The van der Waals surface area contributed by atoms with E-state index in [0.29, 0.717) is 52.6 Å². The Kier molecular flexibility index (Phi) is 8.16. The molecule has 1 saturated heterocycles. The van der Waals surface area contributed by atoms with Gasteiger partial charge in [-0.25, -0.2) is 13.2 Å². The lowest BCUT2D eigenvalue weighted by molar-refractivity contribution is 0.0133. The molecule has 5 rings (SSSR count). The average molecular weight is 574 g/mol. The second kappa shape index (κ2) is 11.6. The number of likely N-dealkylation sites (tertiary alicyclic amines) is 1. The Balaban J connectivity index is 1.36. The highest BCUT2D eigenvalue weighted by Crippen LogP contribution is 2.37. The molecule has 0 aliphatic carbocycles. The van der Waals surface area contributed by atoms with Crippen molar-refractivity contribution in [3.8, 4) is 17.3 Å². The number of fused-ring (bicyclic) bond motifs is 2. The predicted molar refractivity (Wildman–Crippen MR) is 153 cm³/mol. The predicted octanol–water partition coefficient (Wildman–Crippen LogP) is 6.67. The fraction of sp³-hybridized carbons (Fsp3) is 0.321. The van der Waals surface area contributed by atoms with E-state index < -0.39 is 11.7 Å². The number of halogens is 4. The highest BCUT2D eigenvalue weighted by Gasteiger charge is 2.37. The average Bonchev–Trinajstić information content (AvgIpc) is 3.28. The minimum absolute atomic E-state index is 0.0475. The topological polar surface area (TPSA) is 54.4 Å². The van der Waals surface area contributed by atoms with Gasteiger partial charge >= 0.3 is 6.01 Å². The third kappa shape index (κ3) is 5.92. The van der Waals surface area contributed by atoms with Crippen molar-refractivity contribution < 1.29 is 17.9 Å². The minimum Gasteiger partial charge on any atom is -0.467 e. The van der Waals surface area contributed by atoms with Crippen LogP contribution in [0.4, 0.5) is 19.0 Å². The molecule has 2 aromatic heterocycles. The van der Waals surface area contributed by atoms with Crippen LogP contribution in [0.2, 0.25) is 5.02 Å². The molecule has 1 aliphatic rings. The van der Waals surface area contributed by atoms with E-state index in [2.05, 4.69) is 15.0 Å². The minimum atomic E-state index is -2.58. The fourth-order valence-corrected chi connectivity index (χ4v) is 5.69. The molecule has 0 atom stereocenters. The van der Waals surface area contributed by atoms with Crippen LogP contribution < -0.4 is 9.64 Å². The molecular formula is C28H27ClF3N5OS. The van der Waals surface area contributed by atoms with Crippen LogP contribution >= 0.6 is 23.4 Å². The number of rotatable bonds is 9. The first kappa shape index (κ1) is 27.5. The van der Waals surface area contributed by atoms with Gasteiger partial charge in [-0.1, -0.05) is 48.0 Å². The molecule has 0 radical (unpaired) electrons. The summed E-state index contributed by atoms with van der Waals surface area (Å²) >= 11 is 8.05. The third-order valence-electron chi connectivity index (χ3n) is 6.65. The van der Waals surface area contributed by atoms with E-state index in [1.165, 1.54) is 7.11 Å². The number of aromatic nitrogens is 3. The molecule has 1 fully saturated rings. The van der Waals surface area contributed by atoms with Gasteiger partial charge in [0, 0.05) is 61.0 Å². The zero-order chi connectivity index (χ0) is 27.6. The summed E-state index contributed by atoms with van der Waals surface area (Å²) in [5.74, 6) is -1.96. The number of hydrogen-bond donors (Lipinski definition) is 0. The van der Waals surface area contributed by atoms with Crippen LogP contribution in [-0.2, 0) is 0 Å². The van der Waals surface area contributed by atoms with E-state index >= 15 is 4.39 Å². The van der Waals surface area contributed by atoms with Gasteiger partial charge in [-0.3, -0.25) is 9.88 Å². The van der Waals surface area contributed by atoms with E-state index in [1.54, 1.807) is 35.0 Å². The summed E-state index contributed by atoms with van der Waals surface area (Å²) in [7, 11) is 3.29. The molecule has 0 N–H and O–H groups in total. The fourth-order valence-electron chi connectivity index (χ4n) is 4.67. The number of pyridine rings is 1. The Morgan fingerprint density at radius 1 is 1.21 bits per heavy atom. The maximum atomic E-state index is 16.0. The summed E-state index contributed by atoms with van der Waals surface area (Å²) in [6.07, 6.45) is 3.39. The number of methoxy groups -OCH3 is 1. The van der Waals surface area contributed by atoms with Gasteiger partial charge < -0.3 is 9.64 Å². The molecule has 1 aliphatic heterocycles. The number of nitrogens with zero attached hydrogens (tertiary/aromatic N) is 5. The van der Waals surface area contributed by atoms with Crippen molar-refractivity contribution in [2.75, 3.05) is 51.0 Å². The monoisotopic (exact) mass is 573 g/mol. The first-order valence-corrected chi connectivity index (χ1v) is 13.9. The number of benzene rings is 2. The quantitative estimate of drug-likeness (QED) is 0.207. The van der Waals surface area contributed by atoms with Crippen molar-refractivity contribution in [3.63, 3.8) is 0 Å². The summed E-state index contributed by atoms with van der Waals surface area (Å²) in [4.78, 5) is 16.9. The van der Waals surface area contributed by atoms with Gasteiger partial charge in [0.1, 0.15) is 17.0 Å². The largest absolute Gasteiger partial charge is 0.467 e. The summed E-state index contributed by atoms with van der Waals surface area (Å²) in [5.41, 5.74) is 0.825. The van der Waals surface area contributed by atoms with E-state index in [1.807, 2.05) is 47.7 Å². The molecule has 39 heavy (non-hydrogen) atoms. The lowest BCUT2D eigenvalue weighted by Gasteiger charge is -2.20. The second-order valence-corrected chi connectivity index (χ2v) is 10.8. The number of alkyl halides is 2. The molecule has 11 heteroatoms. The number of hydrogen-bond acceptors (Lipinski definition) is 7. The van der Waals surface area contributed by atoms with Crippen LogP contribution in [0.5, 0.6) is 6.01 Å². The Morgan fingerprint density at radius 2 is 2.00 bits per heavy atom. The summed E-state index contributed by atoms with van der Waals surface area (Å²) < 4.78 is 47.9. The SMILES string of the molecule is COc1nc(N(C)CCS/C=C/CN2CCC(F)(F)C2)c2cnc(-c3cccc4cccc(Cl)c34)c(F)c2n1. The van der Waals surface area contributed by atoms with Crippen molar-refractivity contribution in [1.82, 2.24) is 19.9 Å². The van der Waals surface area contributed by atoms with E-state index in [-0.39, 0.29) is 30.2 Å². The van der Waals surface area contributed by atoms with E-state index in [0.717, 1.165) is 5.39 Å². The van der Waals surface area contributed by atoms with Gasteiger partial charge in [-0.05, 0) is 16.9 Å². The Bertz CT molecular complexity index is 1530. The molecule has 3 heterocycles. The van der Waals surface area contributed by atoms with Crippen molar-refractivity contribution in [3.05, 3.63) is 64.9 Å². The summed E-state index contributed by atoms with van der Waals surface area (Å²) in [6.45, 7) is 1.32. The third-order valence-corrected chi connectivity index (χ3v) is 7.76. The number of thioether (sulfide) groups is 1. The van der Waals surface area contributed by atoms with Crippen molar-refractivity contribution >= 4 is 50.9 Å². The molecule has 0 spiro atoms. The lowest BCUT2D eigenvalue weighted by Crippen LogP contribution is -2.25. The molecule has 2 aromatic carbocycles. The molecule has 0 saturated carbocycles. The van der Waals surface area contributed by atoms with Crippen LogP contribution in [0.3, 0.4) is 0 Å². The Labute approximate surface area is 233 Å². The maximum absolute atomic E-state index is 16.0. The zero-order valence-corrected chi connectivity index (χ0v) is 23.1. The molecular weight excluding hydrogens is 547 g/mol. The highest BCUT2D eigenvalue weighted by molar-refractivity contribution is 8.02. The first-order valence-electron chi connectivity index (χ1n) is 12.4. The van der Waals surface area contributed by atoms with Crippen LogP contribution in [-0.4, -0.2) is 71.9 Å².